The summed E-state index contributed by atoms with van der Waals surface area (Å²) in [6.07, 6.45) is -2.24. The molecule has 5 atom stereocenters. The van der Waals surface area contributed by atoms with Gasteiger partial charge in [-0.25, -0.2) is 4.79 Å². The summed E-state index contributed by atoms with van der Waals surface area (Å²) in [5.74, 6) is -9.38. The molecule has 0 aliphatic heterocycles. The van der Waals surface area contributed by atoms with Crippen molar-refractivity contribution in [3.05, 3.63) is 0 Å². The molecule has 0 heterocycles. The molecule has 0 fully saturated rings. The zero-order chi connectivity index (χ0) is 28.0. The Morgan fingerprint density at radius 3 is 1.39 bits per heavy atom. The number of hydrogen-bond donors (Lipinski definition) is 11. The van der Waals surface area contributed by atoms with Gasteiger partial charge in [0.05, 0.1) is 26.2 Å². The molecule has 0 unspecified atom stereocenters. The van der Waals surface area contributed by atoms with E-state index in [4.69, 9.17) is 26.2 Å². The van der Waals surface area contributed by atoms with Crippen molar-refractivity contribution in [3.8, 4) is 0 Å². The second-order valence-corrected chi connectivity index (χ2v) is 7.27. The highest BCUT2D eigenvalue weighted by Gasteiger charge is 2.32. The molecule has 18 heteroatoms. The maximum atomic E-state index is 12.5. The van der Waals surface area contributed by atoms with Crippen molar-refractivity contribution in [2.45, 2.75) is 49.5 Å². The van der Waals surface area contributed by atoms with Crippen LogP contribution < -0.4 is 27.0 Å². The quantitative estimate of drug-likeness (QED) is 0.0844. The van der Waals surface area contributed by atoms with E-state index in [-0.39, 0.29) is 0 Å². The Morgan fingerprint density at radius 1 is 0.583 bits per heavy atom. The molecule has 0 saturated heterocycles. The first-order valence-corrected chi connectivity index (χ1v) is 10.2. The molecule has 18 nitrogen and oxygen atoms in total. The average Bonchev–Trinajstić information content (AvgIpc) is 2.81. The summed E-state index contributed by atoms with van der Waals surface area (Å²) in [5, 5.41) is 62.2. The highest BCUT2D eigenvalue weighted by Crippen LogP contribution is 2.02. The van der Waals surface area contributed by atoms with Crippen LogP contribution in [0.15, 0.2) is 0 Å². The lowest BCUT2D eigenvalue weighted by Gasteiger charge is -2.24. The van der Waals surface area contributed by atoms with Crippen molar-refractivity contribution >= 4 is 41.5 Å². The largest absolute Gasteiger partial charge is 0.481 e. The summed E-state index contributed by atoms with van der Waals surface area (Å²) < 4.78 is 0. The van der Waals surface area contributed by atoms with E-state index in [0.29, 0.717) is 0 Å². The van der Waals surface area contributed by atoms with Gasteiger partial charge in [-0.2, -0.15) is 0 Å². The maximum absolute atomic E-state index is 12.5. The highest BCUT2D eigenvalue weighted by molar-refractivity contribution is 5.96. The van der Waals surface area contributed by atoms with Crippen LogP contribution in [0.1, 0.15) is 19.3 Å². The zero-order valence-corrected chi connectivity index (χ0v) is 18.7. The normalized spacial score (nSPS) is 14.8. The molecule has 0 aromatic heterocycles. The van der Waals surface area contributed by atoms with Gasteiger partial charge in [-0.15, -0.1) is 0 Å². The fraction of sp³-hybridized carbons (Fsp3) is 0.611. The summed E-state index contributed by atoms with van der Waals surface area (Å²) in [6, 6.07) is -8.54. The third-order valence-electron chi connectivity index (χ3n) is 4.44. The van der Waals surface area contributed by atoms with Crippen LogP contribution >= 0.6 is 0 Å². The van der Waals surface area contributed by atoms with E-state index in [0.717, 1.165) is 0 Å². The van der Waals surface area contributed by atoms with Crippen molar-refractivity contribution in [3.63, 3.8) is 0 Å². The molecule has 12 N–H and O–H groups in total. The van der Waals surface area contributed by atoms with Crippen molar-refractivity contribution in [2.24, 2.45) is 5.73 Å². The minimum absolute atomic E-state index is 0.548. The summed E-state index contributed by atoms with van der Waals surface area (Å²) in [7, 11) is 0. The Balaban J connectivity index is 5.42. The van der Waals surface area contributed by atoms with E-state index in [1.54, 1.807) is 0 Å². The standard InChI is InChI=1S/C18H29N5O13/c19-7(4-24)14(31)22-10(5-25)17(34)23-11(6-26)16(33)21-9(3-13(29)30)15(32)20-8(18(35)36)1-2-12(27)28/h7-11,24-26H,1-6,19H2,(H,20,32)(H,21,33)(H,22,31)(H,23,34)(H,27,28)(H,29,30)(H,35,36)/t7-,8-,9-,10-,11-/m0/s1. The molecule has 0 rings (SSSR count). The number of aliphatic hydroxyl groups excluding tert-OH is 3. The van der Waals surface area contributed by atoms with Crippen LogP contribution in [0.4, 0.5) is 0 Å². The lowest BCUT2D eigenvalue weighted by Crippen LogP contribution is -2.60. The second kappa shape index (κ2) is 15.9. The zero-order valence-electron chi connectivity index (χ0n) is 18.7. The smallest absolute Gasteiger partial charge is 0.326 e. The van der Waals surface area contributed by atoms with Crippen molar-refractivity contribution in [2.75, 3.05) is 19.8 Å². The van der Waals surface area contributed by atoms with E-state index < -0.39 is 111 Å². The number of hydrogen-bond acceptors (Lipinski definition) is 11. The first-order valence-electron chi connectivity index (χ1n) is 10.2. The first-order chi connectivity index (χ1) is 16.8. The number of carbonyl (C=O) groups is 7. The summed E-state index contributed by atoms with van der Waals surface area (Å²) in [6.45, 7) is -2.84. The van der Waals surface area contributed by atoms with Gasteiger partial charge in [0.25, 0.3) is 0 Å². The topological polar surface area (TPSA) is 315 Å². The molecule has 0 aliphatic rings. The monoisotopic (exact) mass is 523 g/mol. The van der Waals surface area contributed by atoms with E-state index in [1.807, 2.05) is 21.3 Å². The number of nitrogens with two attached hydrogens (primary N) is 1. The summed E-state index contributed by atoms with van der Waals surface area (Å²) in [4.78, 5) is 81.9. The number of carbonyl (C=O) groups excluding carboxylic acids is 4. The third kappa shape index (κ3) is 11.5. The molecule has 0 spiro atoms. The molecule has 0 aromatic carbocycles. The van der Waals surface area contributed by atoms with Gasteiger partial charge in [-0.3, -0.25) is 28.8 Å². The summed E-state index contributed by atoms with van der Waals surface area (Å²) in [5.41, 5.74) is 5.27. The van der Waals surface area contributed by atoms with Gasteiger partial charge in [0, 0.05) is 6.42 Å². The number of aliphatic hydroxyl groups is 3. The molecular formula is C18H29N5O13. The van der Waals surface area contributed by atoms with E-state index >= 15 is 0 Å². The SMILES string of the molecule is N[C@@H](CO)C(=O)N[C@@H](CO)C(=O)N[C@@H](CO)C(=O)N[C@@H](CC(=O)O)C(=O)N[C@@H](CCC(=O)O)C(=O)O. The van der Waals surface area contributed by atoms with E-state index in [1.165, 1.54) is 0 Å². The average molecular weight is 523 g/mol. The number of rotatable bonds is 17. The fourth-order valence-corrected chi connectivity index (χ4v) is 2.48. The molecule has 204 valence electrons. The Hall–Kier alpha value is -3.87. The number of aliphatic carboxylic acids is 3. The van der Waals surface area contributed by atoms with Crippen LogP contribution in [0.2, 0.25) is 0 Å². The minimum Gasteiger partial charge on any atom is -0.481 e. The van der Waals surface area contributed by atoms with Crippen molar-refractivity contribution in [1.29, 1.82) is 0 Å². The molecule has 0 saturated carbocycles. The Kier molecular flexibility index (Phi) is 14.2. The lowest BCUT2D eigenvalue weighted by molar-refractivity contribution is -0.144. The predicted molar refractivity (Wildman–Crippen MR) is 114 cm³/mol. The van der Waals surface area contributed by atoms with Crippen LogP contribution in [-0.2, 0) is 33.6 Å². The minimum atomic E-state index is -1.90. The fourth-order valence-electron chi connectivity index (χ4n) is 2.48. The van der Waals surface area contributed by atoms with Crippen molar-refractivity contribution < 1.29 is 64.2 Å². The Bertz CT molecular complexity index is 836. The lowest BCUT2D eigenvalue weighted by atomic mass is 10.1. The number of nitrogens with one attached hydrogen (secondary N) is 4. The third-order valence-corrected chi connectivity index (χ3v) is 4.44. The van der Waals surface area contributed by atoms with Crippen LogP contribution in [0.3, 0.4) is 0 Å². The van der Waals surface area contributed by atoms with E-state index in [2.05, 4.69) is 0 Å². The van der Waals surface area contributed by atoms with Gasteiger partial charge < -0.3 is 57.6 Å². The van der Waals surface area contributed by atoms with Crippen LogP contribution in [-0.4, -0.2) is 122 Å². The highest BCUT2D eigenvalue weighted by atomic mass is 16.4. The molecular weight excluding hydrogens is 494 g/mol. The van der Waals surface area contributed by atoms with Gasteiger partial charge in [0.1, 0.15) is 30.2 Å². The first kappa shape index (κ1) is 32.1. The Labute approximate surface area is 202 Å². The van der Waals surface area contributed by atoms with Gasteiger partial charge in [0.15, 0.2) is 0 Å². The molecule has 0 aliphatic carbocycles. The molecule has 0 radical (unpaired) electrons. The molecule has 0 aromatic rings. The van der Waals surface area contributed by atoms with Gasteiger partial charge in [-0.05, 0) is 6.42 Å². The molecule has 36 heavy (non-hydrogen) atoms. The number of carboxylic acids is 3. The number of carboxylic acid groups (broad SMARTS) is 3. The molecule has 4 amide bonds. The second-order valence-electron chi connectivity index (χ2n) is 7.27. The summed E-state index contributed by atoms with van der Waals surface area (Å²) >= 11 is 0. The number of amides is 4. The van der Waals surface area contributed by atoms with Gasteiger partial charge >= 0.3 is 17.9 Å². The van der Waals surface area contributed by atoms with E-state index in [9.17, 15) is 43.8 Å². The van der Waals surface area contributed by atoms with Crippen LogP contribution in [0.5, 0.6) is 0 Å². The van der Waals surface area contributed by atoms with Gasteiger partial charge in [0.2, 0.25) is 23.6 Å². The van der Waals surface area contributed by atoms with Gasteiger partial charge in [-0.1, -0.05) is 0 Å². The Morgan fingerprint density at radius 2 is 1.00 bits per heavy atom. The van der Waals surface area contributed by atoms with Crippen molar-refractivity contribution in [1.82, 2.24) is 21.3 Å². The predicted octanol–water partition coefficient (Wildman–Crippen LogP) is -6.35. The van der Waals surface area contributed by atoms with Crippen LogP contribution in [0.25, 0.3) is 0 Å². The van der Waals surface area contributed by atoms with Crippen LogP contribution in [0, 0.1) is 0 Å². The molecule has 0 bridgehead atoms. The maximum Gasteiger partial charge on any atom is 0.326 e.